The summed E-state index contributed by atoms with van der Waals surface area (Å²) in [6.45, 7) is 2.96. The van der Waals surface area contributed by atoms with Crippen LogP contribution in [0.2, 0.25) is 0 Å². The summed E-state index contributed by atoms with van der Waals surface area (Å²) in [6, 6.07) is 0. The van der Waals surface area contributed by atoms with Gasteiger partial charge in [0.05, 0.1) is 4.47 Å². The Morgan fingerprint density at radius 1 is 1.57 bits per heavy atom. The van der Waals surface area contributed by atoms with Crippen LogP contribution in [0.5, 0.6) is 0 Å². The third kappa shape index (κ3) is 1.90. The first kappa shape index (κ1) is 9.90. The maximum atomic E-state index is 4.51. The summed E-state index contributed by atoms with van der Waals surface area (Å²) in [5.74, 6) is 2.51. The van der Waals surface area contributed by atoms with E-state index in [2.05, 4.69) is 38.1 Å². The average molecular weight is 256 g/mol. The van der Waals surface area contributed by atoms with E-state index in [1.165, 1.54) is 19.3 Å². The Bertz CT molecular complexity index is 323. The van der Waals surface area contributed by atoms with E-state index in [0.717, 1.165) is 22.7 Å². The second kappa shape index (κ2) is 4.26. The molecule has 0 radical (unpaired) electrons. The molecule has 0 unspecified atom stereocenters. The molecule has 0 spiro atoms. The van der Waals surface area contributed by atoms with E-state index in [4.69, 9.17) is 0 Å². The minimum Gasteiger partial charge on any atom is -0.369 e. The highest BCUT2D eigenvalue weighted by Crippen LogP contribution is 2.35. The summed E-state index contributed by atoms with van der Waals surface area (Å²) in [5.41, 5.74) is 0. The van der Waals surface area contributed by atoms with Gasteiger partial charge < -0.3 is 5.32 Å². The Labute approximate surface area is 92.5 Å². The highest BCUT2D eigenvalue weighted by atomic mass is 79.9. The van der Waals surface area contributed by atoms with Gasteiger partial charge in [0.15, 0.2) is 0 Å². The monoisotopic (exact) mass is 255 g/mol. The molecule has 1 aliphatic rings. The van der Waals surface area contributed by atoms with Crippen molar-refractivity contribution in [2.24, 2.45) is 0 Å². The van der Waals surface area contributed by atoms with Crippen molar-refractivity contribution in [2.75, 3.05) is 11.9 Å². The van der Waals surface area contributed by atoms with Crippen molar-refractivity contribution in [1.29, 1.82) is 0 Å². The van der Waals surface area contributed by atoms with Crippen molar-refractivity contribution in [3.8, 4) is 0 Å². The molecule has 1 aromatic heterocycles. The molecular weight excluding hydrogens is 242 g/mol. The van der Waals surface area contributed by atoms with Gasteiger partial charge in [-0.1, -0.05) is 6.42 Å². The molecule has 1 heterocycles. The van der Waals surface area contributed by atoms with Crippen molar-refractivity contribution < 1.29 is 0 Å². The van der Waals surface area contributed by atoms with Gasteiger partial charge in [-0.2, -0.15) is 0 Å². The fourth-order valence-corrected chi connectivity index (χ4v) is 1.87. The highest BCUT2D eigenvalue weighted by molar-refractivity contribution is 9.10. The van der Waals surface area contributed by atoms with Gasteiger partial charge in [-0.05, 0) is 35.7 Å². The summed E-state index contributed by atoms with van der Waals surface area (Å²) < 4.78 is 0.947. The van der Waals surface area contributed by atoms with Gasteiger partial charge in [-0.25, -0.2) is 9.97 Å². The Balaban J connectivity index is 2.21. The number of nitrogens with zero attached hydrogens (tertiary/aromatic N) is 2. The number of hydrogen-bond acceptors (Lipinski definition) is 3. The van der Waals surface area contributed by atoms with Crippen LogP contribution in [0, 0.1) is 0 Å². The first-order valence-electron chi connectivity index (χ1n) is 5.07. The van der Waals surface area contributed by atoms with Gasteiger partial charge in [0, 0.05) is 18.7 Å². The highest BCUT2D eigenvalue weighted by Gasteiger charge is 2.22. The molecule has 1 saturated carbocycles. The lowest BCUT2D eigenvalue weighted by molar-refractivity contribution is 0.401. The minimum atomic E-state index is 0.598. The van der Waals surface area contributed by atoms with Crippen LogP contribution in [-0.2, 0) is 0 Å². The molecule has 0 bridgehead atoms. The average Bonchev–Trinajstić information content (AvgIpc) is 2.08. The number of nitrogens with one attached hydrogen (secondary N) is 1. The predicted molar refractivity (Wildman–Crippen MR) is 60.5 cm³/mol. The number of halogens is 1. The second-order valence-electron chi connectivity index (χ2n) is 3.58. The lowest BCUT2D eigenvalue weighted by Crippen LogP contribution is -2.14. The topological polar surface area (TPSA) is 37.8 Å². The van der Waals surface area contributed by atoms with Crippen molar-refractivity contribution in [1.82, 2.24) is 9.97 Å². The fourth-order valence-electron chi connectivity index (χ4n) is 1.54. The van der Waals surface area contributed by atoms with E-state index < -0.39 is 0 Å². The molecule has 0 aromatic carbocycles. The molecule has 1 fully saturated rings. The van der Waals surface area contributed by atoms with Gasteiger partial charge in [0.2, 0.25) is 0 Å². The lowest BCUT2D eigenvalue weighted by Gasteiger charge is -2.24. The SMILES string of the molecule is CCNc1nc(C2CCC2)ncc1Br. The third-order valence-corrected chi connectivity index (χ3v) is 3.16. The van der Waals surface area contributed by atoms with Crippen LogP contribution in [0.1, 0.15) is 37.9 Å². The van der Waals surface area contributed by atoms with Crippen molar-refractivity contribution in [2.45, 2.75) is 32.1 Å². The standard InChI is InChI=1S/C10H14BrN3/c1-2-12-10-8(11)6-13-9(14-10)7-4-3-5-7/h6-7H,2-5H2,1H3,(H,12,13,14). The van der Waals surface area contributed by atoms with Gasteiger partial charge in [0.25, 0.3) is 0 Å². The largest absolute Gasteiger partial charge is 0.369 e. The molecule has 14 heavy (non-hydrogen) atoms. The molecule has 76 valence electrons. The van der Waals surface area contributed by atoms with Crippen LogP contribution in [-0.4, -0.2) is 16.5 Å². The van der Waals surface area contributed by atoms with Crippen molar-refractivity contribution in [3.63, 3.8) is 0 Å². The quantitative estimate of drug-likeness (QED) is 0.903. The van der Waals surface area contributed by atoms with E-state index in [-0.39, 0.29) is 0 Å². The Morgan fingerprint density at radius 3 is 2.93 bits per heavy atom. The molecule has 4 heteroatoms. The number of aromatic nitrogens is 2. The molecule has 0 atom stereocenters. The molecule has 0 saturated heterocycles. The van der Waals surface area contributed by atoms with Gasteiger partial charge in [-0.15, -0.1) is 0 Å². The first-order chi connectivity index (χ1) is 6.81. The van der Waals surface area contributed by atoms with Crippen LogP contribution < -0.4 is 5.32 Å². The predicted octanol–water partition coefficient (Wildman–Crippen LogP) is 2.94. The summed E-state index contributed by atoms with van der Waals surface area (Å²) in [6.07, 6.45) is 5.65. The molecule has 3 nitrogen and oxygen atoms in total. The number of hydrogen-bond donors (Lipinski definition) is 1. The van der Waals surface area contributed by atoms with E-state index in [1.807, 2.05) is 6.20 Å². The third-order valence-electron chi connectivity index (χ3n) is 2.58. The van der Waals surface area contributed by atoms with E-state index in [9.17, 15) is 0 Å². The van der Waals surface area contributed by atoms with Crippen LogP contribution in [0.3, 0.4) is 0 Å². The molecular formula is C10H14BrN3. The van der Waals surface area contributed by atoms with Crippen LogP contribution in [0.15, 0.2) is 10.7 Å². The lowest BCUT2D eigenvalue weighted by atomic mass is 9.85. The number of anilines is 1. The maximum absolute atomic E-state index is 4.51. The second-order valence-corrected chi connectivity index (χ2v) is 4.44. The normalized spacial score (nSPS) is 16.4. The van der Waals surface area contributed by atoms with Gasteiger partial charge in [-0.3, -0.25) is 0 Å². The van der Waals surface area contributed by atoms with Crippen molar-refractivity contribution >= 4 is 21.7 Å². The molecule has 1 aliphatic carbocycles. The van der Waals surface area contributed by atoms with Crippen LogP contribution >= 0.6 is 15.9 Å². The van der Waals surface area contributed by atoms with Gasteiger partial charge >= 0.3 is 0 Å². The zero-order valence-electron chi connectivity index (χ0n) is 8.26. The summed E-state index contributed by atoms with van der Waals surface area (Å²) in [5, 5.41) is 3.22. The summed E-state index contributed by atoms with van der Waals surface area (Å²) in [7, 11) is 0. The molecule has 2 rings (SSSR count). The molecule has 0 amide bonds. The summed E-state index contributed by atoms with van der Waals surface area (Å²) >= 11 is 3.43. The molecule has 1 N–H and O–H groups in total. The van der Waals surface area contributed by atoms with Crippen molar-refractivity contribution in [3.05, 3.63) is 16.5 Å². The number of rotatable bonds is 3. The van der Waals surface area contributed by atoms with Crippen LogP contribution in [0.4, 0.5) is 5.82 Å². The zero-order chi connectivity index (χ0) is 9.97. The first-order valence-corrected chi connectivity index (χ1v) is 5.87. The summed E-state index contributed by atoms with van der Waals surface area (Å²) in [4.78, 5) is 8.86. The Kier molecular flexibility index (Phi) is 3.01. The van der Waals surface area contributed by atoms with E-state index in [1.54, 1.807) is 0 Å². The fraction of sp³-hybridized carbons (Fsp3) is 0.600. The van der Waals surface area contributed by atoms with E-state index >= 15 is 0 Å². The van der Waals surface area contributed by atoms with E-state index in [0.29, 0.717) is 5.92 Å². The maximum Gasteiger partial charge on any atom is 0.144 e. The smallest absolute Gasteiger partial charge is 0.144 e. The molecule has 1 aromatic rings. The Hall–Kier alpha value is -0.640. The minimum absolute atomic E-state index is 0.598. The van der Waals surface area contributed by atoms with Gasteiger partial charge in [0.1, 0.15) is 11.6 Å². The Morgan fingerprint density at radius 2 is 2.36 bits per heavy atom. The van der Waals surface area contributed by atoms with Crippen LogP contribution in [0.25, 0.3) is 0 Å². The molecule has 0 aliphatic heterocycles. The zero-order valence-corrected chi connectivity index (χ0v) is 9.84.